The Labute approximate surface area is 127 Å². The lowest BCUT2D eigenvalue weighted by atomic mass is 10.1. The van der Waals surface area contributed by atoms with Gasteiger partial charge in [0.25, 0.3) is 0 Å². The van der Waals surface area contributed by atoms with Crippen LogP contribution in [0, 0.1) is 0 Å². The molecule has 0 amide bonds. The maximum Gasteiger partial charge on any atom is 0.0787 e. The number of rotatable bonds is 4. The Kier molecular flexibility index (Phi) is 5.17. The van der Waals surface area contributed by atoms with Crippen LogP contribution in [-0.4, -0.2) is 5.11 Å². The third-order valence-electron chi connectivity index (χ3n) is 2.78. The first kappa shape index (κ1) is 14.7. The molecule has 1 atom stereocenters. The van der Waals surface area contributed by atoms with Crippen LogP contribution in [0.5, 0.6) is 0 Å². The van der Waals surface area contributed by atoms with Crippen molar-refractivity contribution < 1.29 is 5.11 Å². The lowest BCUT2D eigenvalue weighted by Gasteiger charge is -2.09. The fourth-order valence-electron chi connectivity index (χ4n) is 1.67. The van der Waals surface area contributed by atoms with Crippen LogP contribution in [-0.2, 0) is 0 Å². The summed E-state index contributed by atoms with van der Waals surface area (Å²) in [5.41, 5.74) is 0.945. The molecule has 0 aliphatic carbocycles. The number of aliphatic hydroxyl groups is 1. The lowest BCUT2D eigenvalue weighted by Crippen LogP contribution is -1.93. The van der Waals surface area contributed by atoms with Crippen molar-refractivity contribution in [1.29, 1.82) is 0 Å². The number of halogens is 2. The third kappa shape index (κ3) is 3.90. The van der Waals surface area contributed by atoms with E-state index in [9.17, 15) is 5.11 Å². The topological polar surface area (TPSA) is 20.2 Å². The van der Waals surface area contributed by atoms with Crippen molar-refractivity contribution >= 4 is 35.0 Å². The van der Waals surface area contributed by atoms with Gasteiger partial charge in [-0.15, -0.1) is 0 Å². The summed E-state index contributed by atoms with van der Waals surface area (Å²) >= 11 is 13.5. The zero-order valence-electron chi connectivity index (χ0n) is 10.4. The van der Waals surface area contributed by atoms with Crippen LogP contribution >= 0.6 is 35.0 Å². The van der Waals surface area contributed by atoms with Gasteiger partial charge in [-0.25, -0.2) is 0 Å². The van der Waals surface area contributed by atoms with Crippen molar-refractivity contribution in [1.82, 2.24) is 0 Å². The second-order valence-electron chi connectivity index (χ2n) is 4.17. The van der Waals surface area contributed by atoms with Crippen LogP contribution in [0.3, 0.4) is 0 Å². The van der Waals surface area contributed by atoms with Gasteiger partial charge in [-0.2, -0.15) is 0 Å². The fourth-order valence-corrected chi connectivity index (χ4v) is 2.89. The quantitative estimate of drug-likeness (QED) is 0.794. The van der Waals surface area contributed by atoms with Gasteiger partial charge in [-0.3, -0.25) is 0 Å². The summed E-state index contributed by atoms with van der Waals surface area (Å²) in [4.78, 5) is 2.14. The summed E-state index contributed by atoms with van der Waals surface area (Å²) < 4.78 is 0. The Morgan fingerprint density at radius 1 is 1.00 bits per heavy atom. The van der Waals surface area contributed by atoms with E-state index in [1.54, 1.807) is 17.8 Å². The van der Waals surface area contributed by atoms with Crippen LogP contribution in [0.2, 0.25) is 10.0 Å². The Bertz CT molecular complexity index is 555. The van der Waals surface area contributed by atoms with E-state index >= 15 is 0 Å². The molecule has 2 aromatic rings. The minimum absolute atomic E-state index is 0.385. The van der Waals surface area contributed by atoms with Crippen LogP contribution in [0.15, 0.2) is 52.3 Å². The van der Waals surface area contributed by atoms with E-state index in [1.807, 2.05) is 43.3 Å². The van der Waals surface area contributed by atoms with Gasteiger partial charge in [0.15, 0.2) is 0 Å². The second kappa shape index (κ2) is 6.67. The van der Waals surface area contributed by atoms with Crippen LogP contribution in [0.4, 0.5) is 0 Å². The molecule has 0 bridgehead atoms. The van der Waals surface area contributed by atoms with Gasteiger partial charge in [0.05, 0.1) is 16.1 Å². The van der Waals surface area contributed by atoms with E-state index in [2.05, 4.69) is 0 Å². The molecule has 1 nitrogen and oxygen atoms in total. The zero-order chi connectivity index (χ0) is 13.8. The molecule has 4 heteroatoms. The predicted molar refractivity (Wildman–Crippen MR) is 82.3 cm³/mol. The molecule has 1 N–H and O–H groups in total. The van der Waals surface area contributed by atoms with Crippen molar-refractivity contribution in [2.24, 2.45) is 0 Å². The van der Waals surface area contributed by atoms with Gasteiger partial charge in [0.2, 0.25) is 0 Å². The molecule has 19 heavy (non-hydrogen) atoms. The number of aliphatic hydroxyl groups excluding tert-OH is 1. The minimum Gasteiger partial charge on any atom is -0.388 e. The minimum atomic E-state index is -0.385. The SMILES string of the molecule is CC[C@H](O)c1ccc(Sc2ccc(Cl)c(Cl)c2)cc1. The molecule has 100 valence electrons. The number of hydrogen-bond acceptors (Lipinski definition) is 2. The van der Waals surface area contributed by atoms with Gasteiger partial charge >= 0.3 is 0 Å². The van der Waals surface area contributed by atoms with E-state index in [1.165, 1.54) is 0 Å². The van der Waals surface area contributed by atoms with E-state index < -0.39 is 0 Å². The first-order valence-electron chi connectivity index (χ1n) is 6.01. The maximum atomic E-state index is 9.74. The first-order chi connectivity index (χ1) is 9.10. The lowest BCUT2D eigenvalue weighted by molar-refractivity contribution is 0.173. The monoisotopic (exact) mass is 312 g/mol. The molecule has 0 fully saturated rings. The fraction of sp³-hybridized carbons (Fsp3) is 0.200. The largest absolute Gasteiger partial charge is 0.388 e. The molecule has 0 heterocycles. The highest BCUT2D eigenvalue weighted by atomic mass is 35.5. The summed E-state index contributed by atoms with van der Waals surface area (Å²) in [5.74, 6) is 0. The molecule has 0 spiro atoms. The van der Waals surface area contributed by atoms with E-state index in [-0.39, 0.29) is 6.10 Å². The van der Waals surface area contributed by atoms with Crippen LogP contribution < -0.4 is 0 Å². The molecule has 0 aliphatic heterocycles. The summed E-state index contributed by atoms with van der Waals surface area (Å²) in [5, 5.41) is 10.9. The predicted octanol–water partition coefficient (Wildman–Crippen LogP) is 5.59. The average Bonchev–Trinajstić information content (AvgIpc) is 2.43. The molecular formula is C15H14Cl2OS. The van der Waals surface area contributed by atoms with Crippen LogP contribution in [0.25, 0.3) is 0 Å². The van der Waals surface area contributed by atoms with Crippen molar-refractivity contribution in [3.05, 3.63) is 58.1 Å². The van der Waals surface area contributed by atoms with Gasteiger partial charge in [-0.1, -0.05) is 54.0 Å². The molecule has 2 rings (SSSR count). The Morgan fingerprint density at radius 2 is 1.63 bits per heavy atom. The van der Waals surface area contributed by atoms with E-state index in [4.69, 9.17) is 23.2 Å². The molecule has 0 aromatic heterocycles. The zero-order valence-corrected chi connectivity index (χ0v) is 12.8. The molecule has 0 aliphatic rings. The summed E-state index contributed by atoms with van der Waals surface area (Å²) in [6.07, 6.45) is 0.336. The Balaban J connectivity index is 2.12. The molecule has 0 saturated carbocycles. The summed E-state index contributed by atoms with van der Waals surface area (Å²) in [6.45, 7) is 1.96. The average molecular weight is 313 g/mol. The van der Waals surface area contributed by atoms with Crippen molar-refractivity contribution in [3.8, 4) is 0 Å². The van der Waals surface area contributed by atoms with Crippen molar-refractivity contribution in [2.45, 2.75) is 29.2 Å². The van der Waals surface area contributed by atoms with Crippen molar-refractivity contribution in [3.63, 3.8) is 0 Å². The second-order valence-corrected chi connectivity index (χ2v) is 6.13. The van der Waals surface area contributed by atoms with Gasteiger partial charge in [0, 0.05) is 9.79 Å². The van der Waals surface area contributed by atoms with Crippen LogP contribution in [0.1, 0.15) is 25.0 Å². The highest BCUT2D eigenvalue weighted by Crippen LogP contribution is 2.33. The van der Waals surface area contributed by atoms with E-state index in [0.29, 0.717) is 10.0 Å². The highest BCUT2D eigenvalue weighted by Gasteiger charge is 2.05. The maximum absolute atomic E-state index is 9.74. The summed E-state index contributed by atoms with van der Waals surface area (Å²) in [7, 11) is 0. The standard InChI is InChI=1S/C15H14Cl2OS/c1-2-15(18)10-3-5-11(6-4-10)19-12-7-8-13(16)14(17)9-12/h3-9,15,18H,2H2,1H3/t15-/m0/s1. The summed E-state index contributed by atoms with van der Waals surface area (Å²) in [6, 6.07) is 13.5. The molecule has 0 saturated heterocycles. The van der Waals surface area contributed by atoms with Crippen molar-refractivity contribution in [2.75, 3.05) is 0 Å². The molecular weight excluding hydrogens is 299 g/mol. The molecule has 0 unspecified atom stereocenters. The normalized spacial score (nSPS) is 12.4. The van der Waals surface area contributed by atoms with Gasteiger partial charge in [-0.05, 0) is 42.3 Å². The van der Waals surface area contributed by atoms with E-state index in [0.717, 1.165) is 21.8 Å². The number of benzene rings is 2. The molecule has 2 aromatic carbocycles. The first-order valence-corrected chi connectivity index (χ1v) is 7.58. The van der Waals surface area contributed by atoms with Gasteiger partial charge < -0.3 is 5.11 Å². The number of hydrogen-bond donors (Lipinski definition) is 1. The Morgan fingerprint density at radius 3 is 2.21 bits per heavy atom. The molecule has 0 radical (unpaired) electrons. The third-order valence-corrected chi connectivity index (χ3v) is 4.51. The van der Waals surface area contributed by atoms with Gasteiger partial charge in [0.1, 0.15) is 0 Å². The highest BCUT2D eigenvalue weighted by molar-refractivity contribution is 7.99. The smallest absolute Gasteiger partial charge is 0.0787 e. The Hall–Kier alpha value is -0.670.